The molecule has 0 saturated carbocycles. The van der Waals surface area contributed by atoms with Crippen molar-refractivity contribution in [1.82, 2.24) is 14.6 Å². The molecule has 0 aliphatic carbocycles. The first-order chi connectivity index (χ1) is 15.8. The van der Waals surface area contributed by atoms with Crippen LogP contribution in [0, 0.1) is 0 Å². The summed E-state index contributed by atoms with van der Waals surface area (Å²) < 4.78 is 27.5. The summed E-state index contributed by atoms with van der Waals surface area (Å²) in [5.41, 5.74) is 2.22. The maximum atomic E-state index is 13.1. The van der Waals surface area contributed by atoms with E-state index in [1.807, 2.05) is 30.5 Å². The molecule has 2 amide bonds. The van der Waals surface area contributed by atoms with Crippen LogP contribution in [0.4, 0.5) is 5.69 Å². The van der Waals surface area contributed by atoms with Gasteiger partial charge in [-0.3, -0.25) is 9.59 Å². The highest BCUT2D eigenvalue weighted by atomic mass is 32.2. The molecule has 1 fully saturated rings. The van der Waals surface area contributed by atoms with E-state index in [4.69, 9.17) is 0 Å². The van der Waals surface area contributed by atoms with Gasteiger partial charge in [-0.1, -0.05) is 30.7 Å². The third-order valence-electron chi connectivity index (χ3n) is 5.85. The molecule has 0 bridgehead atoms. The Morgan fingerprint density at radius 1 is 1.06 bits per heavy atom. The Hall–Kier alpha value is -3.17. The second-order valence-electron chi connectivity index (χ2n) is 8.30. The van der Waals surface area contributed by atoms with Gasteiger partial charge in [0, 0.05) is 49.2 Å². The second-order valence-corrected chi connectivity index (χ2v) is 10.2. The maximum Gasteiger partial charge on any atom is 0.247 e. The smallest absolute Gasteiger partial charge is 0.247 e. The predicted molar refractivity (Wildman–Crippen MR) is 127 cm³/mol. The van der Waals surface area contributed by atoms with E-state index in [9.17, 15) is 18.0 Å². The summed E-state index contributed by atoms with van der Waals surface area (Å²) in [7, 11) is -3.62. The number of nitrogens with zero attached hydrogens (tertiary/aromatic N) is 1. The summed E-state index contributed by atoms with van der Waals surface area (Å²) >= 11 is 0. The van der Waals surface area contributed by atoms with Crippen LogP contribution in [0.15, 0.2) is 59.6 Å². The molecule has 1 aromatic heterocycles. The molecule has 3 aromatic rings. The minimum absolute atomic E-state index is 0.148. The maximum absolute atomic E-state index is 13.1. The highest BCUT2D eigenvalue weighted by Gasteiger charge is 2.27. The van der Waals surface area contributed by atoms with Crippen LogP contribution in [0.5, 0.6) is 0 Å². The first-order valence-electron chi connectivity index (χ1n) is 11.1. The molecule has 2 aromatic carbocycles. The van der Waals surface area contributed by atoms with Crippen LogP contribution in [0.2, 0.25) is 0 Å². The molecule has 3 N–H and O–H groups in total. The molecule has 1 aliphatic rings. The topological polar surface area (TPSA) is 111 Å². The van der Waals surface area contributed by atoms with Crippen molar-refractivity contribution in [2.75, 3.05) is 18.4 Å². The quantitative estimate of drug-likeness (QED) is 0.495. The van der Waals surface area contributed by atoms with E-state index in [1.165, 1.54) is 23.4 Å². The number of sulfonamides is 1. The van der Waals surface area contributed by atoms with Gasteiger partial charge in [-0.25, -0.2) is 8.42 Å². The van der Waals surface area contributed by atoms with Crippen molar-refractivity contribution in [2.45, 2.75) is 43.5 Å². The summed E-state index contributed by atoms with van der Waals surface area (Å²) in [6.07, 6.45) is 4.85. The average Bonchev–Trinajstić information content (AvgIpc) is 3.22. The fraction of sp³-hybridized carbons (Fsp3) is 0.333. The number of nitrogens with one attached hydrogen (secondary N) is 3. The Morgan fingerprint density at radius 2 is 1.82 bits per heavy atom. The van der Waals surface area contributed by atoms with Crippen molar-refractivity contribution < 1.29 is 18.0 Å². The number of H-pyrrole nitrogens is 1. The third kappa shape index (κ3) is 5.26. The average molecular weight is 469 g/mol. The summed E-state index contributed by atoms with van der Waals surface area (Å²) in [4.78, 5) is 28.2. The van der Waals surface area contributed by atoms with Gasteiger partial charge < -0.3 is 15.6 Å². The van der Waals surface area contributed by atoms with E-state index in [0.717, 1.165) is 35.7 Å². The van der Waals surface area contributed by atoms with Gasteiger partial charge in [0.1, 0.15) is 6.04 Å². The molecule has 174 valence electrons. The zero-order valence-electron chi connectivity index (χ0n) is 18.5. The predicted octanol–water partition coefficient (Wildman–Crippen LogP) is 3.03. The number of fused-ring (bicyclic) bond motifs is 1. The van der Waals surface area contributed by atoms with Crippen molar-refractivity contribution in [3.63, 3.8) is 0 Å². The Labute approximate surface area is 193 Å². The number of para-hydroxylation sites is 1. The Bertz CT molecular complexity index is 1260. The molecule has 33 heavy (non-hydrogen) atoms. The van der Waals surface area contributed by atoms with Crippen molar-refractivity contribution >= 4 is 38.4 Å². The standard InChI is InChI=1S/C24H28N4O4S/c1-17(29)26-23(14-18-16-25-22-11-4-3-10-21(18)22)24(30)27-19-8-7-9-20(15-19)33(31,32)28-12-5-2-6-13-28/h3-4,7-11,15-16,23,25H,2,5-6,12-14H2,1H3,(H,26,29)(H,27,30)/t23-/m1/s1. The van der Waals surface area contributed by atoms with Crippen LogP contribution in [-0.2, 0) is 26.0 Å². The van der Waals surface area contributed by atoms with E-state index < -0.39 is 22.0 Å². The van der Waals surface area contributed by atoms with Gasteiger partial charge in [-0.15, -0.1) is 0 Å². The molecule has 1 aliphatic heterocycles. The number of hydrogen-bond acceptors (Lipinski definition) is 4. The molecule has 0 unspecified atom stereocenters. The molecule has 1 saturated heterocycles. The number of piperidine rings is 1. The fourth-order valence-corrected chi connectivity index (χ4v) is 5.76. The summed E-state index contributed by atoms with van der Waals surface area (Å²) in [6, 6.07) is 13.2. The van der Waals surface area contributed by atoms with E-state index >= 15 is 0 Å². The van der Waals surface area contributed by atoms with Gasteiger partial charge in [0.15, 0.2) is 0 Å². The number of amides is 2. The summed E-state index contributed by atoms with van der Waals surface area (Å²) in [5.74, 6) is -0.737. The van der Waals surface area contributed by atoms with Crippen LogP contribution >= 0.6 is 0 Å². The summed E-state index contributed by atoms with van der Waals surface area (Å²) in [6.45, 7) is 2.38. The number of carbonyl (C=O) groups is 2. The van der Waals surface area contributed by atoms with Gasteiger partial charge >= 0.3 is 0 Å². The number of hydrogen-bond donors (Lipinski definition) is 3. The van der Waals surface area contributed by atoms with Crippen LogP contribution < -0.4 is 10.6 Å². The third-order valence-corrected chi connectivity index (χ3v) is 7.74. The number of anilines is 1. The Balaban J connectivity index is 1.53. The lowest BCUT2D eigenvalue weighted by Gasteiger charge is -2.26. The lowest BCUT2D eigenvalue weighted by Crippen LogP contribution is -2.44. The monoisotopic (exact) mass is 468 g/mol. The van der Waals surface area contributed by atoms with Crippen molar-refractivity contribution in [3.05, 3.63) is 60.3 Å². The largest absolute Gasteiger partial charge is 0.361 e. The number of rotatable bonds is 7. The minimum Gasteiger partial charge on any atom is -0.361 e. The minimum atomic E-state index is -3.62. The molecule has 4 rings (SSSR count). The zero-order valence-corrected chi connectivity index (χ0v) is 19.3. The molecule has 9 heteroatoms. The molecule has 1 atom stereocenters. The first-order valence-corrected chi connectivity index (χ1v) is 12.5. The summed E-state index contributed by atoms with van der Waals surface area (Å²) in [5, 5.41) is 6.47. The molecule has 0 radical (unpaired) electrons. The highest BCUT2D eigenvalue weighted by Crippen LogP contribution is 2.24. The fourth-order valence-electron chi connectivity index (χ4n) is 4.19. The second kappa shape index (κ2) is 9.76. The van der Waals surface area contributed by atoms with E-state index in [2.05, 4.69) is 15.6 Å². The lowest BCUT2D eigenvalue weighted by atomic mass is 10.0. The Morgan fingerprint density at radius 3 is 2.58 bits per heavy atom. The first kappa shape index (κ1) is 23.0. The molecule has 0 spiro atoms. The van der Waals surface area contributed by atoms with Crippen LogP contribution in [0.25, 0.3) is 10.9 Å². The van der Waals surface area contributed by atoms with Crippen LogP contribution in [0.3, 0.4) is 0 Å². The van der Waals surface area contributed by atoms with E-state index in [-0.39, 0.29) is 10.8 Å². The highest BCUT2D eigenvalue weighted by molar-refractivity contribution is 7.89. The van der Waals surface area contributed by atoms with Gasteiger partial charge in [-0.2, -0.15) is 4.31 Å². The number of benzene rings is 2. The number of aromatic amines is 1. The zero-order chi connectivity index (χ0) is 23.4. The normalized spacial score (nSPS) is 15.8. The molecule has 2 heterocycles. The van der Waals surface area contributed by atoms with E-state index in [0.29, 0.717) is 25.2 Å². The van der Waals surface area contributed by atoms with Crippen molar-refractivity contribution in [1.29, 1.82) is 0 Å². The van der Waals surface area contributed by atoms with E-state index in [1.54, 1.807) is 12.1 Å². The SMILES string of the molecule is CC(=O)N[C@H](Cc1c[nH]c2ccccc12)C(=O)Nc1cccc(S(=O)(=O)N2CCCCC2)c1. The van der Waals surface area contributed by atoms with Crippen molar-refractivity contribution in [2.24, 2.45) is 0 Å². The molecular weight excluding hydrogens is 440 g/mol. The number of carbonyl (C=O) groups excluding carboxylic acids is 2. The van der Waals surface area contributed by atoms with Gasteiger partial charge in [-0.05, 0) is 42.7 Å². The van der Waals surface area contributed by atoms with Crippen molar-refractivity contribution in [3.8, 4) is 0 Å². The lowest BCUT2D eigenvalue weighted by molar-refractivity contribution is -0.125. The van der Waals surface area contributed by atoms with Crippen LogP contribution in [0.1, 0.15) is 31.7 Å². The number of aromatic nitrogens is 1. The Kier molecular flexibility index (Phi) is 6.80. The van der Waals surface area contributed by atoms with Crippen LogP contribution in [-0.4, -0.2) is 48.7 Å². The van der Waals surface area contributed by atoms with Gasteiger partial charge in [0.05, 0.1) is 4.90 Å². The molecule has 8 nitrogen and oxygen atoms in total. The van der Waals surface area contributed by atoms with Gasteiger partial charge in [0.25, 0.3) is 0 Å². The molecular formula is C24H28N4O4S. The van der Waals surface area contributed by atoms with Gasteiger partial charge in [0.2, 0.25) is 21.8 Å².